The number of hydrogen-bond acceptors (Lipinski definition) is 6. The smallest absolute Gasteiger partial charge is 0.126 e. The van der Waals surface area contributed by atoms with Crippen molar-refractivity contribution < 1.29 is 14.2 Å². The fraction of sp³-hybridized carbons (Fsp3) is 0.444. The number of benzene rings is 1. The third kappa shape index (κ3) is 5.59. The lowest BCUT2D eigenvalue weighted by Gasteiger charge is -2.40. The van der Waals surface area contributed by atoms with E-state index in [9.17, 15) is 5.11 Å². The third-order valence-corrected chi connectivity index (χ3v) is 7.73. The number of methoxy groups -OCH3 is 1. The summed E-state index contributed by atoms with van der Waals surface area (Å²) in [6.45, 7) is 2.74. The minimum absolute atomic E-state index is 0.0725. The van der Waals surface area contributed by atoms with Crippen molar-refractivity contribution in [2.75, 3.05) is 33.4 Å². The van der Waals surface area contributed by atoms with Crippen LogP contribution in [0.15, 0.2) is 41.9 Å². The fourth-order valence-electron chi connectivity index (χ4n) is 4.73. The van der Waals surface area contributed by atoms with Crippen LogP contribution in [0.1, 0.15) is 47.9 Å². The molecule has 1 saturated heterocycles. The van der Waals surface area contributed by atoms with Crippen LogP contribution in [0.3, 0.4) is 0 Å². The zero-order valence-corrected chi connectivity index (χ0v) is 20.4. The topological polar surface area (TPSA) is 71.6 Å². The van der Waals surface area contributed by atoms with Gasteiger partial charge in [-0.05, 0) is 79.4 Å². The molecule has 7 heteroatoms. The molecule has 0 unspecified atom stereocenters. The van der Waals surface area contributed by atoms with Crippen molar-refractivity contribution in [3.05, 3.63) is 57.9 Å². The van der Waals surface area contributed by atoms with Crippen LogP contribution in [0.2, 0.25) is 0 Å². The molecule has 1 aliphatic heterocycles. The number of piperidine rings is 1. The van der Waals surface area contributed by atoms with Gasteiger partial charge in [-0.2, -0.15) is 0 Å². The second-order valence-corrected chi connectivity index (χ2v) is 9.95. The first-order chi connectivity index (χ1) is 16.6. The number of aliphatic hydroxyl groups is 1. The van der Waals surface area contributed by atoms with E-state index in [0.717, 1.165) is 48.3 Å². The van der Waals surface area contributed by atoms with E-state index in [4.69, 9.17) is 10.5 Å². The molecule has 1 aliphatic rings. The number of nitrogens with zero attached hydrogens (tertiary/aromatic N) is 2. The number of aliphatic hydroxyl groups excluding tert-OH is 1. The highest BCUT2D eigenvalue weighted by molar-refractivity contribution is 7.10. The summed E-state index contributed by atoms with van der Waals surface area (Å²) in [5.41, 5.74) is 7.71. The SMILES string of the molecule is COc1ccc2ncc(CN)c([C@H](F)CCC3(CO)CCN(CC#Cc4cccs4)CC3)c2c1. The van der Waals surface area contributed by atoms with E-state index in [1.165, 1.54) is 0 Å². The Labute approximate surface area is 204 Å². The van der Waals surface area contributed by atoms with Gasteiger partial charge in [0.05, 0.1) is 24.0 Å². The van der Waals surface area contributed by atoms with Crippen LogP contribution in [0, 0.1) is 17.3 Å². The molecule has 4 rings (SSSR count). The van der Waals surface area contributed by atoms with Crippen LogP contribution < -0.4 is 10.5 Å². The Balaban J connectivity index is 1.42. The summed E-state index contributed by atoms with van der Waals surface area (Å²) in [6, 6.07) is 9.53. The lowest BCUT2D eigenvalue weighted by molar-refractivity contribution is 0.0344. The van der Waals surface area contributed by atoms with Gasteiger partial charge < -0.3 is 15.6 Å². The van der Waals surface area contributed by atoms with Crippen molar-refractivity contribution in [2.45, 2.75) is 38.4 Å². The van der Waals surface area contributed by atoms with Crippen molar-refractivity contribution >= 4 is 22.2 Å². The van der Waals surface area contributed by atoms with Gasteiger partial charge >= 0.3 is 0 Å². The van der Waals surface area contributed by atoms with E-state index in [1.54, 1.807) is 24.6 Å². The molecule has 0 radical (unpaired) electrons. The van der Waals surface area contributed by atoms with Crippen molar-refractivity contribution in [1.29, 1.82) is 0 Å². The van der Waals surface area contributed by atoms with Gasteiger partial charge in [-0.1, -0.05) is 17.9 Å². The number of aromatic nitrogens is 1. The highest BCUT2D eigenvalue weighted by atomic mass is 32.1. The van der Waals surface area contributed by atoms with Gasteiger partial charge in [0.1, 0.15) is 11.9 Å². The maximum absolute atomic E-state index is 15.8. The second kappa shape index (κ2) is 11.3. The lowest BCUT2D eigenvalue weighted by Crippen LogP contribution is -2.42. The number of ether oxygens (including phenoxy) is 1. The van der Waals surface area contributed by atoms with Gasteiger partial charge in [-0.25, -0.2) is 4.39 Å². The largest absolute Gasteiger partial charge is 0.497 e. The average molecular weight is 482 g/mol. The van der Waals surface area contributed by atoms with Crippen molar-refractivity contribution in [3.8, 4) is 17.6 Å². The zero-order valence-electron chi connectivity index (χ0n) is 19.6. The molecular formula is C27H32FN3O2S. The number of thiophene rings is 1. The average Bonchev–Trinajstić information content (AvgIpc) is 3.40. The first kappa shape index (κ1) is 24.6. The Hall–Kier alpha value is -2.50. The maximum Gasteiger partial charge on any atom is 0.126 e. The Kier molecular flexibility index (Phi) is 8.17. The normalized spacial score (nSPS) is 16.7. The quantitative estimate of drug-likeness (QED) is 0.457. The number of rotatable bonds is 8. The molecule has 1 atom stereocenters. The summed E-state index contributed by atoms with van der Waals surface area (Å²) in [6.07, 6.45) is 3.12. The minimum atomic E-state index is -1.19. The summed E-state index contributed by atoms with van der Waals surface area (Å²) in [4.78, 5) is 7.83. The molecule has 5 nitrogen and oxygen atoms in total. The molecule has 34 heavy (non-hydrogen) atoms. The van der Waals surface area contributed by atoms with Crippen molar-refractivity contribution in [3.63, 3.8) is 0 Å². The van der Waals surface area contributed by atoms with E-state index in [1.807, 2.05) is 35.7 Å². The van der Waals surface area contributed by atoms with E-state index in [-0.39, 0.29) is 18.6 Å². The Morgan fingerprint density at radius 2 is 2.15 bits per heavy atom. The number of nitrogens with two attached hydrogens (primary N) is 1. The summed E-state index contributed by atoms with van der Waals surface area (Å²) >= 11 is 1.65. The molecule has 0 aliphatic carbocycles. The Morgan fingerprint density at radius 1 is 1.32 bits per heavy atom. The molecule has 3 aromatic rings. The molecule has 180 valence electrons. The first-order valence-electron chi connectivity index (χ1n) is 11.7. The summed E-state index contributed by atoms with van der Waals surface area (Å²) in [5.74, 6) is 7.12. The number of likely N-dealkylation sites (tertiary alicyclic amines) is 1. The summed E-state index contributed by atoms with van der Waals surface area (Å²) in [5, 5.41) is 13.0. The summed E-state index contributed by atoms with van der Waals surface area (Å²) in [7, 11) is 1.60. The minimum Gasteiger partial charge on any atom is -0.497 e. The van der Waals surface area contributed by atoms with Crippen LogP contribution in [0.5, 0.6) is 5.75 Å². The van der Waals surface area contributed by atoms with Gasteiger partial charge in [0.2, 0.25) is 0 Å². The van der Waals surface area contributed by atoms with Gasteiger partial charge in [0.25, 0.3) is 0 Å². The maximum atomic E-state index is 15.8. The standard InChI is InChI=1S/C27H32FN3O2S/c1-33-21-6-7-25-23(16-21)26(20(17-29)18-30-25)24(28)8-9-27(19-32)10-13-31(14-11-27)12-2-4-22-5-3-15-34-22/h3,5-7,15-16,18,24,32H,8-14,17,19,29H2,1H3/t24-/m1/s1. The van der Waals surface area contributed by atoms with Crippen LogP contribution in [-0.2, 0) is 6.54 Å². The molecule has 0 bridgehead atoms. The molecule has 1 fully saturated rings. The van der Waals surface area contributed by atoms with Crippen LogP contribution in [0.4, 0.5) is 4.39 Å². The van der Waals surface area contributed by atoms with E-state index < -0.39 is 6.17 Å². The summed E-state index contributed by atoms with van der Waals surface area (Å²) < 4.78 is 21.1. The molecule has 3 heterocycles. The number of hydrogen-bond donors (Lipinski definition) is 2. The second-order valence-electron chi connectivity index (χ2n) is 9.00. The van der Waals surface area contributed by atoms with Gasteiger partial charge in [-0.3, -0.25) is 9.88 Å². The van der Waals surface area contributed by atoms with Crippen LogP contribution in [-0.4, -0.2) is 48.3 Å². The van der Waals surface area contributed by atoms with Crippen molar-refractivity contribution in [2.24, 2.45) is 11.1 Å². The number of halogens is 1. The molecule has 3 N–H and O–H groups in total. The zero-order chi connectivity index (χ0) is 24.0. The molecular weight excluding hydrogens is 449 g/mol. The van der Waals surface area contributed by atoms with Crippen molar-refractivity contribution in [1.82, 2.24) is 9.88 Å². The van der Waals surface area contributed by atoms with Gasteiger partial charge in [-0.15, -0.1) is 11.3 Å². The van der Waals surface area contributed by atoms with Crippen LogP contribution in [0.25, 0.3) is 10.9 Å². The van der Waals surface area contributed by atoms with E-state index in [2.05, 4.69) is 21.7 Å². The number of alkyl halides is 1. The highest BCUT2D eigenvalue weighted by Gasteiger charge is 2.35. The van der Waals surface area contributed by atoms with E-state index >= 15 is 4.39 Å². The Bertz CT molecular complexity index is 1140. The third-order valence-electron chi connectivity index (χ3n) is 6.95. The Morgan fingerprint density at radius 3 is 2.82 bits per heavy atom. The predicted octanol–water partition coefficient (Wildman–Crippen LogP) is 4.68. The molecule has 0 saturated carbocycles. The first-order valence-corrected chi connectivity index (χ1v) is 12.6. The molecule has 2 aromatic heterocycles. The number of fused-ring (bicyclic) bond motifs is 1. The van der Waals surface area contributed by atoms with Gasteiger partial charge in [0.15, 0.2) is 0 Å². The van der Waals surface area contributed by atoms with E-state index in [0.29, 0.717) is 29.7 Å². The monoisotopic (exact) mass is 481 g/mol. The number of pyridine rings is 1. The molecule has 0 amide bonds. The molecule has 0 spiro atoms. The lowest BCUT2D eigenvalue weighted by atomic mass is 9.74. The van der Waals surface area contributed by atoms with Crippen LogP contribution >= 0.6 is 11.3 Å². The predicted molar refractivity (Wildman–Crippen MR) is 136 cm³/mol. The molecule has 1 aromatic carbocycles. The van der Waals surface area contributed by atoms with Gasteiger partial charge in [0, 0.05) is 30.3 Å². The highest BCUT2D eigenvalue weighted by Crippen LogP contribution is 2.41. The fourth-order valence-corrected chi connectivity index (χ4v) is 5.32.